The van der Waals surface area contributed by atoms with Crippen molar-refractivity contribution in [2.45, 2.75) is 33.2 Å². The first-order valence-electron chi connectivity index (χ1n) is 5.66. The lowest BCUT2D eigenvalue weighted by Crippen LogP contribution is -2.32. The molecule has 3 nitrogen and oxygen atoms in total. The lowest BCUT2D eigenvalue weighted by atomic mass is 10.1. The first-order chi connectivity index (χ1) is 7.57. The van der Waals surface area contributed by atoms with Gasteiger partial charge in [-0.3, -0.25) is 0 Å². The number of carbonyl (C=O) groups is 1. The van der Waals surface area contributed by atoms with Crippen LogP contribution in [-0.2, 0) is 0 Å². The van der Waals surface area contributed by atoms with Crippen molar-refractivity contribution >= 4 is 11.7 Å². The van der Waals surface area contributed by atoms with Crippen LogP contribution >= 0.6 is 0 Å². The molecule has 16 heavy (non-hydrogen) atoms. The molecular weight excluding hydrogens is 202 g/mol. The number of para-hydroxylation sites is 1. The minimum atomic E-state index is -0.864. The predicted molar refractivity (Wildman–Crippen MR) is 66.2 cm³/mol. The van der Waals surface area contributed by atoms with E-state index in [4.69, 9.17) is 5.11 Å². The summed E-state index contributed by atoms with van der Waals surface area (Å²) in [5.74, 6) is -0.864. The maximum atomic E-state index is 11.1. The number of hydrogen-bond acceptors (Lipinski definition) is 2. The van der Waals surface area contributed by atoms with Crippen LogP contribution in [0.3, 0.4) is 0 Å². The number of anilines is 1. The van der Waals surface area contributed by atoms with Crippen molar-refractivity contribution in [2.24, 2.45) is 0 Å². The fraction of sp³-hybridized carbons (Fsp3) is 0.462. The Morgan fingerprint density at radius 2 is 2.00 bits per heavy atom. The van der Waals surface area contributed by atoms with Gasteiger partial charge in [0.15, 0.2) is 0 Å². The van der Waals surface area contributed by atoms with Crippen LogP contribution in [0.1, 0.15) is 37.6 Å². The fourth-order valence-corrected chi connectivity index (χ4v) is 1.80. The number of carboxylic acid groups (broad SMARTS) is 1. The lowest BCUT2D eigenvalue weighted by molar-refractivity contribution is 0.0697. The molecule has 0 bridgehead atoms. The standard InChI is InChI=1S/C13H19NO2/c1-4-9-14(10(2)3)12-8-6-5-7-11(12)13(15)16/h5-8,10H,4,9H2,1-3H3,(H,15,16). The van der Waals surface area contributed by atoms with Crippen molar-refractivity contribution in [1.82, 2.24) is 0 Å². The average Bonchev–Trinajstić information content (AvgIpc) is 2.25. The quantitative estimate of drug-likeness (QED) is 0.830. The Balaban J connectivity index is 3.12. The van der Waals surface area contributed by atoms with Crippen LogP contribution in [0.25, 0.3) is 0 Å². The van der Waals surface area contributed by atoms with Gasteiger partial charge < -0.3 is 10.0 Å². The molecule has 1 aromatic carbocycles. The van der Waals surface area contributed by atoms with Crippen molar-refractivity contribution in [2.75, 3.05) is 11.4 Å². The third-order valence-electron chi connectivity index (χ3n) is 2.53. The molecule has 0 saturated heterocycles. The molecule has 0 radical (unpaired) electrons. The number of aromatic carboxylic acids is 1. The van der Waals surface area contributed by atoms with Crippen LogP contribution in [0.4, 0.5) is 5.69 Å². The van der Waals surface area contributed by atoms with Gasteiger partial charge in [-0.15, -0.1) is 0 Å². The highest BCUT2D eigenvalue weighted by atomic mass is 16.4. The minimum Gasteiger partial charge on any atom is -0.478 e. The van der Waals surface area contributed by atoms with Gasteiger partial charge in [-0.1, -0.05) is 19.1 Å². The maximum absolute atomic E-state index is 11.1. The van der Waals surface area contributed by atoms with Crippen molar-refractivity contribution in [3.05, 3.63) is 29.8 Å². The molecule has 1 rings (SSSR count). The average molecular weight is 221 g/mol. The van der Waals surface area contributed by atoms with E-state index < -0.39 is 5.97 Å². The number of benzene rings is 1. The van der Waals surface area contributed by atoms with Crippen LogP contribution in [-0.4, -0.2) is 23.7 Å². The molecule has 0 unspecified atom stereocenters. The fourth-order valence-electron chi connectivity index (χ4n) is 1.80. The zero-order valence-electron chi connectivity index (χ0n) is 10.1. The highest BCUT2D eigenvalue weighted by Gasteiger charge is 2.16. The largest absolute Gasteiger partial charge is 0.478 e. The molecule has 0 saturated carbocycles. The van der Waals surface area contributed by atoms with Crippen LogP contribution < -0.4 is 4.90 Å². The summed E-state index contributed by atoms with van der Waals surface area (Å²) in [5, 5.41) is 9.14. The third-order valence-corrected chi connectivity index (χ3v) is 2.53. The monoisotopic (exact) mass is 221 g/mol. The van der Waals surface area contributed by atoms with E-state index in [-0.39, 0.29) is 0 Å². The van der Waals surface area contributed by atoms with Crippen LogP contribution in [0.15, 0.2) is 24.3 Å². The van der Waals surface area contributed by atoms with Crippen molar-refractivity contribution in [3.63, 3.8) is 0 Å². The predicted octanol–water partition coefficient (Wildman–Crippen LogP) is 3.01. The normalized spacial score (nSPS) is 10.5. The third kappa shape index (κ3) is 2.75. The topological polar surface area (TPSA) is 40.5 Å². The summed E-state index contributed by atoms with van der Waals surface area (Å²) in [6.45, 7) is 7.13. The smallest absolute Gasteiger partial charge is 0.337 e. The summed E-state index contributed by atoms with van der Waals surface area (Å²) in [7, 11) is 0. The van der Waals surface area contributed by atoms with Gasteiger partial charge in [0.05, 0.1) is 11.3 Å². The van der Waals surface area contributed by atoms with Crippen LogP contribution in [0.5, 0.6) is 0 Å². The first kappa shape index (κ1) is 12.6. The Morgan fingerprint density at radius 1 is 1.38 bits per heavy atom. The zero-order chi connectivity index (χ0) is 12.1. The van der Waals surface area contributed by atoms with Gasteiger partial charge >= 0.3 is 5.97 Å². The Hall–Kier alpha value is -1.51. The highest BCUT2D eigenvalue weighted by Crippen LogP contribution is 2.22. The van der Waals surface area contributed by atoms with E-state index in [1.807, 2.05) is 12.1 Å². The molecule has 0 heterocycles. The SMILES string of the molecule is CCCN(c1ccccc1C(=O)O)C(C)C. The number of hydrogen-bond donors (Lipinski definition) is 1. The van der Waals surface area contributed by atoms with Crippen molar-refractivity contribution in [1.29, 1.82) is 0 Å². The van der Waals surface area contributed by atoms with Gasteiger partial charge in [0.25, 0.3) is 0 Å². The lowest BCUT2D eigenvalue weighted by Gasteiger charge is -2.29. The maximum Gasteiger partial charge on any atom is 0.337 e. The van der Waals surface area contributed by atoms with Crippen LogP contribution in [0, 0.1) is 0 Å². The van der Waals surface area contributed by atoms with Gasteiger partial charge in [0.1, 0.15) is 0 Å². The molecule has 0 fully saturated rings. The highest BCUT2D eigenvalue weighted by molar-refractivity contribution is 5.94. The Morgan fingerprint density at radius 3 is 2.50 bits per heavy atom. The van der Waals surface area contributed by atoms with Gasteiger partial charge in [-0.25, -0.2) is 4.79 Å². The van der Waals surface area contributed by atoms with E-state index in [1.165, 1.54) is 0 Å². The summed E-state index contributed by atoms with van der Waals surface area (Å²) in [4.78, 5) is 13.3. The number of carboxylic acids is 1. The molecule has 0 spiro atoms. The second-order valence-electron chi connectivity index (χ2n) is 4.11. The molecule has 0 atom stereocenters. The van der Waals surface area contributed by atoms with E-state index in [1.54, 1.807) is 12.1 Å². The molecular formula is C13H19NO2. The number of rotatable bonds is 5. The molecule has 0 aliphatic heterocycles. The van der Waals surface area contributed by atoms with E-state index in [2.05, 4.69) is 25.7 Å². The summed E-state index contributed by atoms with van der Waals surface area (Å²) < 4.78 is 0. The van der Waals surface area contributed by atoms with E-state index in [0.29, 0.717) is 11.6 Å². The van der Waals surface area contributed by atoms with Gasteiger partial charge in [-0.05, 0) is 32.4 Å². The van der Waals surface area contributed by atoms with E-state index >= 15 is 0 Å². The molecule has 0 aromatic heterocycles. The molecule has 1 N–H and O–H groups in total. The molecule has 88 valence electrons. The second-order valence-corrected chi connectivity index (χ2v) is 4.11. The van der Waals surface area contributed by atoms with Gasteiger partial charge in [0, 0.05) is 12.6 Å². The van der Waals surface area contributed by atoms with Crippen LogP contribution in [0.2, 0.25) is 0 Å². The molecule has 0 aliphatic rings. The molecule has 3 heteroatoms. The summed E-state index contributed by atoms with van der Waals surface area (Å²) in [5.41, 5.74) is 1.19. The number of nitrogens with zero attached hydrogens (tertiary/aromatic N) is 1. The summed E-state index contributed by atoms with van der Waals surface area (Å²) in [6.07, 6.45) is 1.01. The van der Waals surface area contributed by atoms with Crippen molar-refractivity contribution < 1.29 is 9.90 Å². The van der Waals surface area contributed by atoms with Gasteiger partial charge in [0.2, 0.25) is 0 Å². The summed E-state index contributed by atoms with van der Waals surface area (Å²) in [6, 6.07) is 7.48. The Labute approximate surface area is 96.7 Å². The van der Waals surface area contributed by atoms with Gasteiger partial charge in [-0.2, -0.15) is 0 Å². The molecule has 0 aliphatic carbocycles. The van der Waals surface area contributed by atoms with Crippen molar-refractivity contribution in [3.8, 4) is 0 Å². The Bertz CT molecular complexity index is 361. The van der Waals surface area contributed by atoms with E-state index in [0.717, 1.165) is 18.7 Å². The summed E-state index contributed by atoms with van der Waals surface area (Å²) >= 11 is 0. The van der Waals surface area contributed by atoms with E-state index in [9.17, 15) is 4.79 Å². The zero-order valence-corrected chi connectivity index (χ0v) is 10.1. The molecule has 0 amide bonds. The first-order valence-corrected chi connectivity index (χ1v) is 5.66. The second kappa shape index (κ2) is 5.54. The minimum absolute atomic E-state index is 0.306. The molecule has 1 aromatic rings. The Kier molecular flexibility index (Phi) is 4.35.